The van der Waals surface area contributed by atoms with Gasteiger partial charge in [0.2, 0.25) is 5.91 Å². The summed E-state index contributed by atoms with van der Waals surface area (Å²) in [4.78, 5) is 37.0. The zero-order chi connectivity index (χ0) is 34.0. The second kappa shape index (κ2) is 17.1. The van der Waals surface area contributed by atoms with Crippen LogP contribution in [0.4, 0.5) is 14.9 Å². The van der Waals surface area contributed by atoms with Crippen LogP contribution in [0, 0.1) is 5.82 Å². The summed E-state index contributed by atoms with van der Waals surface area (Å²) in [7, 11) is 1.62. The van der Waals surface area contributed by atoms with Crippen molar-refractivity contribution in [2.75, 3.05) is 58.6 Å². The van der Waals surface area contributed by atoms with Crippen LogP contribution in [0.25, 0.3) is 20.8 Å². The molecule has 3 N–H and O–H groups in total. The van der Waals surface area contributed by atoms with E-state index in [9.17, 15) is 9.59 Å². The number of methoxy groups -OCH3 is 1. The number of likely N-dealkylation sites (tertiary alicyclic amines) is 1. The average Bonchev–Trinajstić information content (AvgIpc) is 3.80. The summed E-state index contributed by atoms with van der Waals surface area (Å²) in [6.45, 7) is 4.48. The van der Waals surface area contributed by atoms with Gasteiger partial charge in [-0.1, -0.05) is 12.1 Å². The molecule has 0 radical (unpaired) electrons. The lowest BCUT2D eigenvalue weighted by Crippen LogP contribution is -2.45. The predicted octanol–water partition coefficient (Wildman–Crippen LogP) is 5.13. The summed E-state index contributed by atoms with van der Waals surface area (Å²) < 4.78 is 31.7. The van der Waals surface area contributed by atoms with Crippen molar-refractivity contribution in [2.45, 2.75) is 50.7 Å². The molecule has 1 aliphatic carbocycles. The van der Waals surface area contributed by atoms with Crippen molar-refractivity contribution in [1.82, 2.24) is 25.5 Å². The van der Waals surface area contributed by atoms with Crippen LogP contribution in [0.15, 0.2) is 54.9 Å². The molecule has 3 amide bonds. The number of thiophene rings is 1. The lowest BCUT2D eigenvalue weighted by molar-refractivity contribution is -0.127. The maximum atomic E-state index is 15.1. The van der Waals surface area contributed by atoms with Gasteiger partial charge in [-0.25, -0.2) is 9.18 Å². The Balaban J connectivity index is 0.974. The Kier molecular flexibility index (Phi) is 12.1. The summed E-state index contributed by atoms with van der Waals surface area (Å²) >= 11 is 1.60. The van der Waals surface area contributed by atoms with Gasteiger partial charge < -0.3 is 30.2 Å². The number of carbonyl (C=O) groups is 2. The van der Waals surface area contributed by atoms with E-state index in [-0.39, 0.29) is 36.4 Å². The van der Waals surface area contributed by atoms with E-state index in [0.717, 1.165) is 77.2 Å². The van der Waals surface area contributed by atoms with Crippen LogP contribution in [0.3, 0.4) is 0 Å². The number of pyridine rings is 2. The van der Waals surface area contributed by atoms with Crippen LogP contribution >= 0.6 is 11.3 Å². The van der Waals surface area contributed by atoms with Crippen LogP contribution in [-0.4, -0.2) is 92.1 Å². The van der Waals surface area contributed by atoms with E-state index in [1.54, 1.807) is 36.8 Å². The molecule has 1 saturated carbocycles. The number of piperidine rings is 1. The average molecular weight is 691 g/mol. The molecule has 2 aliphatic rings. The Labute approximate surface area is 289 Å². The fraction of sp³-hybridized carbons (Fsp3) is 0.444. The minimum absolute atomic E-state index is 0.0376. The number of nitrogens with one attached hydrogen (secondary N) is 3. The van der Waals surface area contributed by atoms with Crippen molar-refractivity contribution >= 4 is 39.2 Å². The molecule has 4 heterocycles. The first-order valence-electron chi connectivity index (χ1n) is 16.8. The van der Waals surface area contributed by atoms with Crippen molar-refractivity contribution in [3.8, 4) is 10.6 Å². The summed E-state index contributed by atoms with van der Waals surface area (Å²) in [6.07, 6.45) is 7.84. The molecule has 0 atom stereocenters. The molecule has 0 bridgehead atoms. The van der Waals surface area contributed by atoms with Crippen molar-refractivity contribution in [2.24, 2.45) is 0 Å². The summed E-state index contributed by atoms with van der Waals surface area (Å²) in [5.74, 6) is -0.457. The van der Waals surface area contributed by atoms with Crippen molar-refractivity contribution < 1.29 is 28.2 Å². The van der Waals surface area contributed by atoms with Crippen molar-refractivity contribution in [1.29, 1.82) is 0 Å². The number of rotatable bonds is 16. The van der Waals surface area contributed by atoms with Gasteiger partial charge in [-0.05, 0) is 72.7 Å². The van der Waals surface area contributed by atoms with Crippen LogP contribution in [0.5, 0.6) is 0 Å². The quantitative estimate of drug-likeness (QED) is 0.138. The lowest BCUT2D eigenvalue weighted by atomic mass is 10.0. The number of hydrogen-bond acceptors (Lipinski definition) is 9. The SMILES string of the molecule is COCCOCCOCC(=O)NC1CCN(Cc2ccc(-c3cc4nccc(Cc5ccc(NC(=O)NC6CC6)cc5F)c4s3)nc2)CC1. The minimum atomic E-state index is -0.363. The standard InChI is InChI=1S/C36H43FN6O5S/c1-46-14-15-47-16-17-48-23-34(44)40-28-9-12-43(13-10-28)22-24-2-7-31(39-21-24)33-20-32-35(49-33)26(8-11-38-32)18-25-3-4-29(19-30(25)37)42-36(45)41-27-5-6-27/h2-4,7-8,11,19-21,27-28H,5-6,9-10,12-18,22-23H2,1H3,(H,40,44)(H2,41,42,45). The molecule has 13 heteroatoms. The van der Waals surface area contributed by atoms with E-state index < -0.39 is 0 Å². The van der Waals surface area contributed by atoms with E-state index in [2.05, 4.69) is 31.9 Å². The Morgan fingerprint density at radius 2 is 1.71 bits per heavy atom. The predicted molar refractivity (Wildman–Crippen MR) is 187 cm³/mol. The van der Waals surface area contributed by atoms with Crippen LogP contribution in [-0.2, 0) is 32.0 Å². The molecule has 4 aromatic rings. The Morgan fingerprint density at radius 1 is 0.918 bits per heavy atom. The second-order valence-corrected chi connectivity index (χ2v) is 13.5. The largest absolute Gasteiger partial charge is 0.382 e. The molecule has 0 spiro atoms. The molecule has 1 saturated heterocycles. The first-order chi connectivity index (χ1) is 23.9. The third-order valence-corrected chi connectivity index (χ3v) is 9.79. The smallest absolute Gasteiger partial charge is 0.319 e. The van der Waals surface area contributed by atoms with E-state index in [0.29, 0.717) is 44.1 Å². The number of carbonyl (C=O) groups excluding carboxylic acids is 2. The second-order valence-electron chi connectivity index (χ2n) is 12.5. The first-order valence-corrected chi connectivity index (χ1v) is 17.6. The van der Waals surface area contributed by atoms with Crippen LogP contribution in [0.1, 0.15) is 42.4 Å². The molecule has 260 valence electrons. The molecular weight excluding hydrogens is 647 g/mol. The van der Waals surface area contributed by atoms with Crippen LogP contribution in [0.2, 0.25) is 0 Å². The van der Waals surface area contributed by atoms with Gasteiger partial charge in [-0.15, -0.1) is 11.3 Å². The molecule has 11 nitrogen and oxygen atoms in total. The zero-order valence-corrected chi connectivity index (χ0v) is 28.5. The van der Waals surface area contributed by atoms with E-state index >= 15 is 4.39 Å². The number of anilines is 1. The highest BCUT2D eigenvalue weighted by atomic mass is 32.1. The van der Waals surface area contributed by atoms with Crippen molar-refractivity contribution in [3.63, 3.8) is 0 Å². The molecule has 0 unspecified atom stereocenters. The fourth-order valence-corrected chi connectivity index (χ4v) is 6.87. The first kappa shape index (κ1) is 34.8. The number of ether oxygens (including phenoxy) is 3. The van der Waals surface area contributed by atoms with E-state index in [1.165, 1.54) is 6.07 Å². The van der Waals surface area contributed by atoms with Gasteiger partial charge in [-0.3, -0.25) is 19.7 Å². The maximum absolute atomic E-state index is 15.1. The molecule has 1 aromatic carbocycles. The monoisotopic (exact) mass is 690 g/mol. The molecular formula is C36H43FN6O5S. The highest BCUT2D eigenvalue weighted by Crippen LogP contribution is 2.35. The zero-order valence-electron chi connectivity index (χ0n) is 27.7. The summed E-state index contributed by atoms with van der Waals surface area (Å²) in [5, 5.41) is 8.64. The molecule has 49 heavy (non-hydrogen) atoms. The number of halogens is 1. The van der Waals surface area contributed by atoms with Gasteiger partial charge in [0, 0.05) is 63.3 Å². The van der Waals surface area contributed by atoms with Gasteiger partial charge in [0.15, 0.2) is 0 Å². The van der Waals surface area contributed by atoms with Gasteiger partial charge in [-0.2, -0.15) is 0 Å². The Bertz CT molecular complexity index is 1710. The third kappa shape index (κ3) is 10.2. The number of urea groups is 1. The summed E-state index contributed by atoms with van der Waals surface area (Å²) in [5.41, 5.74) is 4.82. The minimum Gasteiger partial charge on any atom is -0.382 e. The van der Waals surface area contributed by atoms with Gasteiger partial charge in [0.1, 0.15) is 12.4 Å². The lowest BCUT2D eigenvalue weighted by Gasteiger charge is -2.32. The normalized spacial score (nSPS) is 15.4. The molecule has 1 aliphatic heterocycles. The third-order valence-electron chi connectivity index (χ3n) is 8.57. The van der Waals surface area contributed by atoms with Crippen molar-refractivity contribution in [3.05, 3.63) is 77.4 Å². The number of fused-ring (bicyclic) bond motifs is 1. The van der Waals surface area contributed by atoms with E-state index in [4.69, 9.17) is 19.2 Å². The number of nitrogens with zero attached hydrogens (tertiary/aromatic N) is 3. The molecule has 2 fully saturated rings. The van der Waals surface area contributed by atoms with Gasteiger partial charge in [0.05, 0.1) is 47.2 Å². The van der Waals surface area contributed by atoms with E-state index in [1.807, 2.05) is 24.4 Å². The Morgan fingerprint density at radius 3 is 2.47 bits per heavy atom. The Hall–Kier alpha value is -4.01. The maximum Gasteiger partial charge on any atom is 0.319 e. The topological polar surface area (TPSA) is 127 Å². The number of benzene rings is 1. The molecule has 3 aromatic heterocycles. The number of aromatic nitrogens is 2. The fourth-order valence-electron chi connectivity index (χ4n) is 5.76. The summed E-state index contributed by atoms with van der Waals surface area (Å²) in [6, 6.07) is 13.0. The van der Waals surface area contributed by atoms with Crippen LogP contribution < -0.4 is 16.0 Å². The highest BCUT2D eigenvalue weighted by molar-refractivity contribution is 7.22. The van der Waals surface area contributed by atoms with Gasteiger partial charge >= 0.3 is 6.03 Å². The number of amides is 3. The number of hydrogen-bond donors (Lipinski definition) is 3. The van der Waals surface area contributed by atoms with Gasteiger partial charge in [0.25, 0.3) is 0 Å². The molecule has 6 rings (SSSR count). The highest BCUT2D eigenvalue weighted by Gasteiger charge is 2.24.